The second-order valence-electron chi connectivity index (χ2n) is 11.6. The topological polar surface area (TPSA) is 78.5 Å². The lowest BCUT2D eigenvalue weighted by Gasteiger charge is -2.44. The van der Waals surface area contributed by atoms with Crippen LogP contribution in [0.15, 0.2) is 42.7 Å². The minimum Gasteiger partial charge on any atom is -0.490 e. The fraction of sp³-hybridized carbons (Fsp3) is 0.594. The van der Waals surface area contributed by atoms with E-state index >= 15 is 0 Å². The van der Waals surface area contributed by atoms with Gasteiger partial charge in [0.2, 0.25) is 5.91 Å². The van der Waals surface area contributed by atoms with Crippen molar-refractivity contribution in [2.24, 2.45) is 5.92 Å². The van der Waals surface area contributed by atoms with Gasteiger partial charge in [-0.25, -0.2) is 0 Å². The summed E-state index contributed by atoms with van der Waals surface area (Å²) < 4.78 is 52.7. The largest absolute Gasteiger partial charge is 0.490 e. The Balaban J connectivity index is 1.22. The Hall–Kier alpha value is -3.38. The molecule has 0 N–H and O–H groups in total. The molecule has 2 unspecified atom stereocenters. The first-order chi connectivity index (χ1) is 21.3. The van der Waals surface area contributed by atoms with Crippen molar-refractivity contribution in [2.75, 3.05) is 77.1 Å². The molecule has 1 aromatic heterocycles. The summed E-state index contributed by atoms with van der Waals surface area (Å²) >= 11 is 0. The number of morpholine rings is 1. The number of hydrogen-bond acceptors (Lipinski definition) is 7. The molecule has 3 aliphatic rings. The van der Waals surface area contributed by atoms with Crippen molar-refractivity contribution in [3.05, 3.63) is 53.9 Å². The average molecular weight is 618 g/mol. The smallest absolute Gasteiger partial charge is 0.417 e. The van der Waals surface area contributed by atoms with Crippen molar-refractivity contribution >= 4 is 17.5 Å². The van der Waals surface area contributed by atoms with E-state index in [4.69, 9.17) is 9.47 Å². The van der Waals surface area contributed by atoms with E-state index in [0.29, 0.717) is 65.0 Å². The minimum absolute atomic E-state index is 0.0297. The van der Waals surface area contributed by atoms with Crippen molar-refractivity contribution in [3.8, 4) is 5.75 Å². The Morgan fingerprint density at radius 3 is 2.50 bits per heavy atom. The van der Waals surface area contributed by atoms with E-state index < -0.39 is 35.2 Å². The number of benzene rings is 1. The number of hydrogen-bond donors (Lipinski definition) is 0. The number of para-hydroxylation sites is 2. The predicted molar refractivity (Wildman–Crippen MR) is 160 cm³/mol. The highest BCUT2D eigenvalue weighted by Crippen LogP contribution is 2.35. The monoisotopic (exact) mass is 617 g/mol. The number of pyridine rings is 1. The van der Waals surface area contributed by atoms with E-state index in [1.807, 2.05) is 36.1 Å². The number of nitrogens with zero attached hydrogens (tertiary/aromatic N) is 5. The standard InChI is InChI=1S/C32H42F3N5O4/c1-2-6-27-24(7-5-12-40(27)31(42)25-23-36-11-10-26(25)32(33,34)35)30(41)39-15-13-38(14-16-39)28-8-3-4-9-29(28)44-22-19-37-17-20-43-21-18-37/h3-4,8-11,23-24,27H,2,5-7,12-22H2,1H3. The number of ether oxygens (including phenoxy) is 2. The first-order valence-electron chi connectivity index (χ1n) is 15.7. The number of halogens is 3. The second kappa shape index (κ2) is 14.6. The van der Waals surface area contributed by atoms with Crippen molar-refractivity contribution in [1.82, 2.24) is 19.7 Å². The maximum Gasteiger partial charge on any atom is 0.417 e. The summed E-state index contributed by atoms with van der Waals surface area (Å²) in [6.45, 7) is 9.30. The van der Waals surface area contributed by atoms with E-state index in [0.717, 1.165) is 62.7 Å². The Morgan fingerprint density at radius 2 is 1.77 bits per heavy atom. The summed E-state index contributed by atoms with van der Waals surface area (Å²) in [7, 11) is 0. The maximum absolute atomic E-state index is 13.9. The van der Waals surface area contributed by atoms with Crippen LogP contribution in [0.25, 0.3) is 0 Å². The molecule has 0 spiro atoms. The van der Waals surface area contributed by atoms with Crippen LogP contribution >= 0.6 is 0 Å². The number of alkyl halides is 3. The van der Waals surface area contributed by atoms with Crippen LogP contribution in [0, 0.1) is 5.92 Å². The summed E-state index contributed by atoms with van der Waals surface area (Å²) in [6.07, 6.45) is -0.242. The van der Waals surface area contributed by atoms with Crippen LogP contribution in [0.4, 0.5) is 18.9 Å². The van der Waals surface area contributed by atoms with Crippen LogP contribution in [0.3, 0.4) is 0 Å². The summed E-state index contributed by atoms with van der Waals surface area (Å²) in [4.78, 5) is 39.1. The normalized spacial score (nSPS) is 21.8. The molecule has 4 heterocycles. The number of rotatable bonds is 9. The number of anilines is 1. The third-order valence-electron chi connectivity index (χ3n) is 8.86. The Bertz CT molecular complexity index is 1260. The van der Waals surface area contributed by atoms with Crippen LogP contribution in [0.2, 0.25) is 0 Å². The number of amides is 2. The van der Waals surface area contributed by atoms with Crippen molar-refractivity contribution in [1.29, 1.82) is 0 Å². The van der Waals surface area contributed by atoms with Crippen LogP contribution in [-0.4, -0.2) is 110 Å². The Labute approximate surface area is 256 Å². The number of piperazine rings is 1. The summed E-state index contributed by atoms with van der Waals surface area (Å²) in [5, 5.41) is 0. The lowest BCUT2D eigenvalue weighted by Crippen LogP contribution is -2.56. The van der Waals surface area contributed by atoms with Gasteiger partial charge in [-0.3, -0.25) is 19.5 Å². The lowest BCUT2D eigenvalue weighted by molar-refractivity contribution is -0.140. The van der Waals surface area contributed by atoms with Gasteiger partial charge in [0.15, 0.2) is 0 Å². The van der Waals surface area contributed by atoms with Crippen molar-refractivity contribution in [3.63, 3.8) is 0 Å². The fourth-order valence-electron chi connectivity index (χ4n) is 6.57. The molecule has 3 fully saturated rings. The van der Waals surface area contributed by atoms with Gasteiger partial charge >= 0.3 is 6.18 Å². The number of aromatic nitrogens is 1. The van der Waals surface area contributed by atoms with Gasteiger partial charge in [0, 0.05) is 70.8 Å². The second-order valence-corrected chi connectivity index (χ2v) is 11.6. The molecule has 2 atom stereocenters. The molecule has 12 heteroatoms. The van der Waals surface area contributed by atoms with E-state index in [9.17, 15) is 22.8 Å². The molecule has 240 valence electrons. The van der Waals surface area contributed by atoms with Gasteiger partial charge in [-0.15, -0.1) is 0 Å². The predicted octanol–water partition coefficient (Wildman–Crippen LogP) is 4.18. The van der Waals surface area contributed by atoms with Gasteiger partial charge in [-0.1, -0.05) is 25.5 Å². The number of piperidine rings is 1. The average Bonchev–Trinajstić information content (AvgIpc) is 3.05. The zero-order chi connectivity index (χ0) is 31.1. The highest BCUT2D eigenvalue weighted by atomic mass is 19.4. The third kappa shape index (κ3) is 7.46. The number of likely N-dealkylation sites (tertiary alicyclic amines) is 1. The molecule has 5 rings (SSSR count). The van der Waals surface area contributed by atoms with Crippen molar-refractivity contribution in [2.45, 2.75) is 44.8 Å². The molecule has 1 aromatic carbocycles. The van der Waals surface area contributed by atoms with E-state index in [-0.39, 0.29) is 5.91 Å². The van der Waals surface area contributed by atoms with Crippen LogP contribution < -0.4 is 9.64 Å². The Kier molecular flexibility index (Phi) is 10.6. The first kappa shape index (κ1) is 32.0. The first-order valence-corrected chi connectivity index (χ1v) is 15.7. The molecule has 0 saturated carbocycles. The highest BCUT2D eigenvalue weighted by Gasteiger charge is 2.43. The molecule has 0 radical (unpaired) electrons. The molecule has 2 amide bonds. The molecule has 0 bridgehead atoms. The van der Waals surface area contributed by atoms with Gasteiger partial charge in [-0.05, 0) is 37.5 Å². The maximum atomic E-state index is 13.9. The zero-order valence-electron chi connectivity index (χ0n) is 25.3. The zero-order valence-corrected chi connectivity index (χ0v) is 25.3. The van der Waals surface area contributed by atoms with E-state index in [2.05, 4.69) is 14.8 Å². The van der Waals surface area contributed by atoms with Crippen LogP contribution in [-0.2, 0) is 15.7 Å². The van der Waals surface area contributed by atoms with Gasteiger partial charge in [0.1, 0.15) is 12.4 Å². The quantitative estimate of drug-likeness (QED) is 0.418. The highest BCUT2D eigenvalue weighted by molar-refractivity contribution is 5.96. The van der Waals surface area contributed by atoms with Crippen LogP contribution in [0.5, 0.6) is 5.75 Å². The van der Waals surface area contributed by atoms with Crippen LogP contribution in [0.1, 0.15) is 48.5 Å². The molecule has 9 nitrogen and oxygen atoms in total. The van der Waals surface area contributed by atoms with E-state index in [1.165, 1.54) is 4.90 Å². The van der Waals surface area contributed by atoms with Gasteiger partial charge in [0.05, 0.1) is 35.9 Å². The molecule has 0 aliphatic carbocycles. The number of carbonyl (C=O) groups is 2. The van der Waals surface area contributed by atoms with Gasteiger partial charge < -0.3 is 24.2 Å². The summed E-state index contributed by atoms with van der Waals surface area (Å²) in [5.74, 6) is -0.381. The molecule has 3 saturated heterocycles. The molecular formula is C32H42F3N5O4. The summed E-state index contributed by atoms with van der Waals surface area (Å²) in [5.41, 5.74) is -0.465. The summed E-state index contributed by atoms with van der Waals surface area (Å²) in [6, 6.07) is 8.33. The van der Waals surface area contributed by atoms with Gasteiger partial charge in [0.25, 0.3) is 5.91 Å². The SMILES string of the molecule is CCCC1C(C(=O)N2CCN(c3ccccc3OCCN3CCOCC3)CC2)CCCN1C(=O)c1cnccc1C(F)(F)F. The molecule has 3 aliphatic heterocycles. The van der Waals surface area contributed by atoms with E-state index in [1.54, 1.807) is 0 Å². The molecular weight excluding hydrogens is 575 g/mol. The van der Waals surface area contributed by atoms with Gasteiger partial charge in [-0.2, -0.15) is 13.2 Å². The lowest BCUT2D eigenvalue weighted by atomic mass is 9.84. The number of carbonyl (C=O) groups excluding carboxylic acids is 2. The van der Waals surface area contributed by atoms with Crippen molar-refractivity contribution < 1.29 is 32.2 Å². The third-order valence-corrected chi connectivity index (χ3v) is 8.86. The molecule has 2 aromatic rings. The Morgan fingerprint density at radius 1 is 1.02 bits per heavy atom. The minimum atomic E-state index is -4.68. The fourth-order valence-corrected chi connectivity index (χ4v) is 6.57. The molecule has 44 heavy (non-hydrogen) atoms.